The summed E-state index contributed by atoms with van der Waals surface area (Å²) in [7, 11) is 0. The molecule has 192 valence electrons. The van der Waals surface area contributed by atoms with Gasteiger partial charge in [-0.2, -0.15) is 0 Å². The molecule has 0 saturated heterocycles. The standard InChI is InChI=1S/C21H32N8O6/c1-11(2)3-16(21(34)35)28-20(33)17(8-30)29-19(32)15(5-13-7-24-10-26-13)27-18(31)14(22)4-12-6-23-9-25-12/h6-7,9-11,14-17,30H,3-5,8,22H2,1-2H3,(H,23,25)(H,24,26)(H,27,31)(H,28,33)(H,29,32)(H,34,35). The molecule has 14 heteroatoms. The molecular weight excluding hydrogens is 460 g/mol. The van der Waals surface area contributed by atoms with Gasteiger partial charge in [0.25, 0.3) is 0 Å². The average Bonchev–Trinajstić information content (AvgIpc) is 3.50. The smallest absolute Gasteiger partial charge is 0.326 e. The molecule has 0 aliphatic rings. The first-order valence-corrected chi connectivity index (χ1v) is 11.1. The van der Waals surface area contributed by atoms with Crippen LogP contribution >= 0.6 is 0 Å². The summed E-state index contributed by atoms with van der Waals surface area (Å²) in [6, 6.07) is -4.77. The lowest BCUT2D eigenvalue weighted by Crippen LogP contribution is -2.58. The number of rotatable bonds is 14. The number of aliphatic hydroxyl groups excluding tert-OH is 1. The molecule has 0 radical (unpaired) electrons. The fourth-order valence-corrected chi connectivity index (χ4v) is 3.26. The number of carboxylic acid groups (broad SMARTS) is 1. The van der Waals surface area contributed by atoms with Crippen LogP contribution in [0.15, 0.2) is 25.0 Å². The fourth-order valence-electron chi connectivity index (χ4n) is 3.26. The predicted octanol–water partition coefficient (Wildman–Crippen LogP) is -2.18. The van der Waals surface area contributed by atoms with E-state index < -0.39 is 54.5 Å². The SMILES string of the molecule is CC(C)CC(NC(=O)C(CO)NC(=O)C(Cc1cnc[nH]1)NC(=O)C(N)Cc1cnc[nH]1)C(=O)O. The monoisotopic (exact) mass is 492 g/mol. The Morgan fingerprint density at radius 3 is 1.89 bits per heavy atom. The van der Waals surface area contributed by atoms with Gasteiger partial charge in [-0.15, -0.1) is 0 Å². The van der Waals surface area contributed by atoms with E-state index in [0.717, 1.165) is 0 Å². The lowest BCUT2D eigenvalue weighted by molar-refractivity contribution is -0.143. The number of carboxylic acids is 1. The molecule has 0 aliphatic carbocycles. The van der Waals surface area contributed by atoms with Crippen molar-refractivity contribution in [3.05, 3.63) is 36.4 Å². The first-order valence-electron chi connectivity index (χ1n) is 11.1. The number of nitrogens with two attached hydrogens (primary N) is 1. The minimum atomic E-state index is -1.43. The normalized spacial score (nSPS) is 14.5. The molecule has 0 fully saturated rings. The number of nitrogens with zero attached hydrogens (tertiary/aromatic N) is 2. The Morgan fingerprint density at radius 2 is 1.40 bits per heavy atom. The average molecular weight is 493 g/mol. The van der Waals surface area contributed by atoms with E-state index >= 15 is 0 Å². The molecule has 2 heterocycles. The number of aliphatic carboxylic acids is 1. The molecule has 2 aromatic rings. The van der Waals surface area contributed by atoms with Crippen molar-refractivity contribution in [2.24, 2.45) is 11.7 Å². The van der Waals surface area contributed by atoms with Crippen LogP contribution in [-0.4, -0.2) is 84.6 Å². The number of imidazole rings is 2. The van der Waals surface area contributed by atoms with E-state index in [-0.39, 0.29) is 25.2 Å². The summed E-state index contributed by atoms with van der Waals surface area (Å²) in [5.74, 6) is -3.50. The summed E-state index contributed by atoms with van der Waals surface area (Å²) in [6.07, 6.45) is 6.16. The molecule has 3 amide bonds. The summed E-state index contributed by atoms with van der Waals surface area (Å²) >= 11 is 0. The quantitative estimate of drug-likeness (QED) is 0.143. The molecule has 0 saturated carbocycles. The van der Waals surface area contributed by atoms with Crippen LogP contribution in [0.25, 0.3) is 0 Å². The maximum absolute atomic E-state index is 13.0. The van der Waals surface area contributed by atoms with Gasteiger partial charge in [0, 0.05) is 36.6 Å². The van der Waals surface area contributed by atoms with Crippen LogP contribution in [0, 0.1) is 5.92 Å². The molecule has 4 atom stereocenters. The van der Waals surface area contributed by atoms with Crippen molar-refractivity contribution in [1.82, 2.24) is 35.9 Å². The Kier molecular flexibility index (Phi) is 10.4. The molecule has 14 nitrogen and oxygen atoms in total. The highest BCUT2D eigenvalue weighted by Gasteiger charge is 2.30. The molecule has 0 bridgehead atoms. The predicted molar refractivity (Wildman–Crippen MR) is 123 cm³/mol. The third kappa shape index (κ3) is 8.83. The second-order valence-corrected chi connectivity index (χ2v) is 8.50. The summed E-state index contributed by atoms with van der Waals surface area (Å²) in [4.78, 5) is 63.1. The van der Waals surface area contributed by atoms with Crippen LogP contribution in [-0.2, 0) is 32.0 Å². The van der Waals surface area contributed by atoms with E-state index in [1.54, 1.807) is 13.8 Å². The van der Waals surface area contributed by atoms with Gasteiger partial charge < -0.3 is 41.9 Å². The Hall–Kier alpha value is -3.78. The number of aromatic amines is 2. The van der Waals surface area contributed by atoms with E-state index in [0.29, 0.717) is 11.4 Å². The third-order valence-corrected chi connectivity index (χ3v) is 5.08. The highest BCUT2D eigenvalue weighted by molar-refractivity contribution is 5.94. The molecule has 4 unspecified atom stereocenters. The number of aromatic nitrogens is 4. The molecule has 35 heavy (non-hydrogen) atoms. The number of aliphatic hydroxyl groups is 1. The van der Waals surface area contributed by atoms with Crippen molar-refractivity contribution >= 4 is 23.7 Å². The van der Waals surface area contributed by atoms with Gasteiger partial charge in [-0.05, 0) is 12.3 Å². The van der Waals surface area contributed by atoms with Gasteiger partial charge in [0.15, 0.2) is 0 Å². The zero-order valence-electron chi connectivity index (χ0n) is 19.5. The topological polar surface area (TPSA) is 228 Å². The van der Waals surface area contributed by atoms with E-state index in [2.05, 4.69) is 35.9 Å². The van der Waals surface area contributed by atoms with Gasteiger partial charge in [-0.3, -0.25) is 14.4 Å². The molecule has 0 aromatic carbocycles. The lowest BCUT2D eigenvalue weighted by atomic mass is 10.0. The number of nitrogens with one attached hydrogen (secondary N) is 5. The minimum absolute atomic E-state index is 0.000775. The summed E-state index contributed by atoms with van der Waals surface area (Å²) < 4.78 is 0. The van der Waals surface area contributed by atoms with Crippen molar-refractivity contribution in [2.75, 3.05) is 6.61 Å². The van der Waals surface area contributed by atoms with Crippen molar-refractivity contribution in [3.63, 3.8) is 0 Å². The largest absolute Gasteiger partial charge is 0.480 e. The molecule has 2 aromatic heterocycles. The molecule has 0 spiro atoms. The Labute approximate surface area is 201 Å². The van der Waals surface area contributed by atoms with Gasteiger partial charge >= 0.3 is 5.97 Å². The molecule has 9 N–H and O–H groups in total. The second-order valence-electron chi connectivity index (χ2n) is 8.50. The van der Waals surface area contributed by atoms with E-state index in [1.807, 2.05) is 0 Å². The first kappa shape index (κ1) is 27.5. The lowest BCUT2D eigenvalue weighted by Gasteiger charge is -2.24. The van der Waals surface area contributed by atoms with Gasteiger partial charge in [0.1, 0.15) is 18.1 Å². The van der Waals surface area contributed by atoms with E-state index in [9.17, 15) is 29.4 Å². The van der Waals surface area contributed by atoms with Crippen LogP contribution in [0.1, 0.15) is 31.7 Å². The second kappa shape index (κ2) is 13.2. The zero-order chi connectivity index (χ0) is 26.0. The van der Waals surface area contributed by atoms with E-state index in [4.69, 9.17) is 5.73 Å². The number of amides is 3. The van der Waals surface area contributed by atoms with Gasteiger partial charge in [0.2, 0.25) is 17.7 Å². The number of H-pyrrole nitrogens is 2. The van der Waals surface area contributed by atoms with Gasteiger partial charge in [-0.25, -0.2) is 14.8 Å². The first-order chi connectivity index (χ1) is 16.6. The fraction of sp³-hybridized carbons (Fsp3) is 0.524. The zero-order valence-corrected chi connectivity index (χ0v) is 19.5. The van der Waals surface area contributed by atoms with Crippen LogP contribution in [0.5, 0.6) is 0 Å². The Morgan fingerprint density at radius 1 is 0.886 bits per heavy atom. The number of carbonyl (C=O) groups excluding carboxylic acids is 3. The van der Waals surface area contributed by atoms with Gasteiger partial charge in [-0.1, -0.05) is 13.8 Å². The maximum atomic E-state index is 13.0. The summed E-state index contributed by atoms with van der Waals surface area (Å²) in [5.41, 5.74) is 7.12. The van der Waals surface area contributed by atoms with Gasteiger partial charge in [0.05, 0.1) is 25.3 Å². The number of hydrogen-bond acceptors (Lipinski definition) is 8. The van der Waals surface area contributed by atoms with Crippen molar-refractivity contribution in [2.45, 2.75) is 57.3 Å². The number of carbonyl (C=O) groups is 4. The molecule has 0 aliphatic heterocycles. The molecule has 2 rings (SSSR count). The Balaban J connectivity index is 2.08. The Bertz CT molecular complexity index is 963. The minimum Gasteiger partial charge on any atom is -0.480 e. The molecular formula is C21H32N8O6. The van der Waals surface area contributed by atoms with Crippen molar-refractivity contribution in [1.29, 1.82) is 0 Å². The van der Waals surface area contributed by atoms with Crippen LogP contribution in [0.3, 0.4) is 0 Å². The highest BCUT2D eigenvalue weighted by Crippen LogP contribution is 2.06. The van der Waals surface area contributed by atoms with Crippen molar-refractivity contribution < 1.29 is 29.4 Å². The van der Waals surface area contributed by atoms with Crippen LogP contribution < -0.4 is 21.7 Å². The maximum Gasteiger partial charge on any atom is 0.326 e. The summed E-state index contributed by atoms with van der Waals surface area (Å²) in [6.45, 7) is 2.82. The van der Waals surface area contributed by atoms with E-state index in [1.165, 1.54) is 25.0 Å². The van der Waals surface area contributed by atoms with Crippen LogP contribution in [0.4, 0.5) is 0 Å². The van der Waals surface area contributed by atoms with Crippen LogP contribution in [0.2, 0.25) is 0 Å². The number of hydrogen-bond donors (Lipinski definition) is 8. The highest BCUT2D eigenvalue weighted by atomic mass is 16.4. The third-order valence-electron chi connectivity index (χ3n) is 5.08. The summed E-state index contributed by atoms with van der Waals surface area (Å²) in [5, 5.41) is 26.3. The van der Waals surface area contributed by atoms with Crippen molar-refractivity contribution in [3.8, 4) is 0 Å².